The fourth-order valence-corrected chi connectivity index (χ4v) is 5.15. The van der Waals surface area contributed by atoms with Crippen LogP contribution in [0.25, 0.3) is 11.1 Å². The normalized spacial score (nSPS) is 14.5. The van der Waals surface area contributed by atoms with Crippen molar-refractivity contribution in [1.82, 2.24) is 10.2 Å². The van der Waals surface area contributed by atoms with Crippen molar-refractivity contribution >= 4 is 39.8 Å². The van der Waals surface area contributed by atoms with Crippen LogP contribution in [-0.4, -0.2) is 27.9 Å². The lowest BCUT2D eigenvalue weighted by Gasteiger charge is -2.21. The highest BCUT2D eigenvalue weighted by atomic mass is 32.2. The van der Waals surface area contributed by atoms with E-state index >= 15 is 0 Å². The molecule has 4 rings (SSSR count). The van der Waals surface area contributed by atoms with Crippen molar-refractivity contribution in [1.29, 1.82) is 0 Å². The molecular formula is C22H24N4OS2. The second kappa shape index (κ2) is 9.89. The fourth-order valence-electron chi connectivity index (χ4n) is 3.52. The average Bonchev–Trinajstić information content (AvgIpc) is 3.21. The zero-order valence-corrected chi connectivity index (χ0v) is 17.8. The van der Waals surface area contributed by atoms with Gasteiger partial charge in [0.25, 0.3) is 0 Å². The van der Waals surface area contributed by atoms with Gasteiger partial charge < -0.3 is 10.6 Å². The molecule has 5 nitrogen and oxygen atoms in total. The summed E-state index contributed by atoms with van der Waals surface area (Å²) in [4.78, 5) is 12.5. The van der Waals surface area contributed by atoms with Crippen molar-refractivity contribution in [2.75, 3.05) is 16.4 Å². The lowest BCUT2D eigenvalue weighted by atomic mass is 9.96. The van der Waals surface area contributed by atoms with E-state index in [4.69, 9.17) is 0 Å². The highest BCUT2D eigenvalue weighted by molar-refractivity contribution is 8.01. The number of thioether (sulfide) groups is 1. The summed E-state index contributed by atoms with van der Waals surface area (Å²) >= 11 is 2.95. The molecule has 1 heterocycles. The van der Waals surface area contributed by atoms with E-state index in [1.165, 1.54) is 55.2 Å². The van der Waals surface area contributed by atoms with Crippen LogP contribution in [0.4, 0.5) is 10.8 Å². The molecule has 0 saturated heterocycles. The van der Waals surface area contributed by atoms with Crippen LogP contribution in [0, 0.1) is 0 Å². The molecule has 0 aliphatic heterocycles. The lowest BCUT2D eigenvalue weighted by molar-refractivity contribution is -0.113. The molecule has 0 atom stereocenters. The van der Waals surface area contributed by atoms with Crippen LogP contribution in [0.5, 0.6) is 0 Å². The first-order chi connectivity index (χ1) is 14.3. The van der Waals surface area contributed by atoms with Crippen LogP contribution in [0.3, 0.4) is 0 Å². The summed E-state index contributed by atoms with van der Waals surface area (Å²) in [5.74, 6) is 0.261. The Balaban J connectivity index is 1.32. The van der Waals surface area contributed by atoms with Crippen molar-refractivity contribution < 1.29 is 4.79 Å². The molecule has 1 aromatic heterocycles. The third kappa shape index (κ3) is 5.58. The molecule has 1 saturated carbocycles. The van der Waals surface area contributed by atoms with Crippen LogP contribution in [-0.2, 0) is 4.79 Å². The molecule has 0 bridgehead atoms. The monoisotopic (exact) mass is 424 g/mol. The number of rotatable bonds is 7. The van der Waals surface area contributed by atoms with Crippen molar-refractivity contribution in [2.45, 2.75) is 42.5 Å². The number of carbonyl (C=O) groups excluding carboxylic acids is 1. The molecule has 0 radical (unpaired) electrons. The zero-order chi connectivity index (χ0) is 19.9. The van der Waals surface area contributed by atoms with E-state index in [-0.39, 0.29) is 5.91 Å². The largest absolute Gasteiger partial charge is 0.357 e. The number of hydrogen-bond donors (Lipinski definition) is 2. The summed E-state index contributed by atoms with van der Waals surface area (Å²) in [6.45, 7) is 0. The SMILES string of the molecule is O=C(CSc1nnc(NC2CCCCC2)s1)Nc1ccccc1-c1ccccc1. The summed E-state index contributed by atoms with van der Waals surface area (Å²) in [6.07, 6.45) is 6.29. The first-order valence-corrected chi connectivity index (χ1v) is 11.8. The van der Waals surface area contributed by atoms with Gasteiger partial charge in [0, 0.05) is 17.3 Å². The van der Waals surface area contributed by atoms with Crippen LogP contribution >= 0.6 is 23.1 Å². The maximum atomic E-state index is 12.5. The van der Waals surface area contributed by atoms with Crippen LogP contribution < -0.4 is 10.6 Å². The van der Waals surface area contributed by atoms with E-state index in [1.54, 1.807) is 0 Å². The highest BCUT2D eigenvalue weighted by Gasteiger charge is 2.16. The molecule has 3 aromatic rings. The Bertz CT molecular complexity index is 939. The minimum absolute atomic E-state index is 0.0460. The van der Waals surface area contributed by atoms with Gasteiger partial charge in [-0.15, -0.1) is 10.2 Å². The third-order valence-electron chi connectivity index (χ3n) is 4.95. The van der Waals surface area contributed by atoms with Crippen LogP contribution in [0.1, 0.15) is 32.1 Å². The maximum Gasteiger partial charge on any atom is 0.234 e. The highest BCUT2D eigenvalue weighted by Crippen LogP contribution is 2.30. The number of nitrogens with zero attached hydrogens (tertiary/aromatic N) is 2. The Morgan fingerprint density at radius 2 is 1.76 bits per heavy atom. The number of benzene rings is 2. The summed E-state index contributed by atoms with van der Waals surface area (Å²) in [6, 6.07) is 18.4. The Hall–Kier alpha value is -2.38. The number of para-hydroxylation sites is 1. The quantitative estimate of drug-likeness (QED) is 0.478. The molecule has 150 valence electrons. The van der Waals surface area contributed by atoms with E-state index in [0.29, 0.717) is 11.8 Å². The van der Waals surface area contributed by atoms with Crippen LogP contribution in [0.2, 0.25) is 0 Å². The van der Waals surface area contributed by atoms with Gasteiger partial charge in [0.1, 0.15) is 0 Å². The van der Waals surface area contributed by atoms with E-state index in [2.05, 4.69) is 20.8 Å². The molecule has 1 aliphatic rings. The Morgan fingerprint density at radius 3 is 2.59 bits per heavy atom. The molecule has 0 unspecified atom stereocenters. The maximum absolute atomic E-state index is 12.5. The molecule has 1 aliphatic carbocycles. The Labute approximate surface area is 179 Å². The molecule has 1 amide bonds. The van der Waals surface area contributed by atoms with Crippen molar-refractivity contribution in [3.05, 3.63) is 54.6 Å². The summed E-state index contributed by atoms with van der Waals surface area (Å²) in [5.41, 5.74) is 2.92. The molecular weight excluding hydrogens is 400 g/mol. The second-order valence-corrected chi connectivity index (χ2v) is 9.30. The molecule has 0 spiro atoms. The van der Waals surface area contributed by atoms with E-state index in [1.807, 2.05) is 54.6 Å². The summed E-state index contributed by atoms with van der Waals surface area (Å²) < 4.78 is 0.815. The zero-order valence-electron chi connectivity index (χ0n) is 16.1. The van der Waals surface area contributed by atoms with E-state index in [0.717, 1.165) is 26.3 Å². The standard InChI is InChI=1S/C22H24N4OS2/c27-20(24-19-14-8-7-13-18(19)16-9-3-1-4-10-16)15-28-22-26-25-21(29-22)23-17-11-5-2-6-12-17/h1,3-4,7-10,13-14,17H,2,5-6,11-12,15H2,(H,23,25)(H,24,27). The van der Waals surface area contributed by atoms with Crippen LogP contribution in [0.15, 0.2) is 58.9 Å². The molecule has 7 heteroatoms. The molecule has 2 N–H and O–H groups in total. The van der Waals surface area contributed by atoms with Gasteiger partial charge in [0.15, 0.2) is 4.34 Å². The van der Waals surface area contributed by atoms with Gasteiger partial charge in [-0.25, -0.2) is 0 Å². The van der Waals surface area contributed by atoms with Crippen molar-refractivity contribution in [3.8, 4) is 11.1 Å². The average molecular weight is 425 g/mol. The lowest BCUT2D eigenvalue weighted by Crippen LogP contribution is -2.21. The van der Waals surface area contributed by atoms with Gasteiger partial charge in [0.2, 0.25) is 11.0 Å². The van der Waals surface area contributed by atoms with E-state index in [9.17, 15) is 4.79 Å². The first-order valence-electron chi connectivity index (χ1n) is 9.95. The minimum Gasteiger partial charge on any atom is -0.357 e. The van der Waals surface area contributed by atoms with Gasteiger partial charge in [-0.1, -0.05) is 90.9 Å². The predicted octanol–water partition coefficient (Wildman–Crippen LogP) is 5.68. The van der Waals surface area contributed by atoms with Crippen molar-refractivity contribution in [3.63, 3.8) is 0 Å². The number of aromatic nitrogens is 2. The Morgan fingerprint density at radius 1 is 1.00 bits per heavy atom. The number of anilines is 2. The molecule has 2 aromatic carbocycles. The van der Waals surface area contributed by atoms with Gasteiger partial charge >= 0.3 is 0 Å². The van der Waals surface area contributed by atoms with E-state index < -0.39 is 0 Å². The number of nitrogens with one attached hydrogen (secondary N) is 2. The molecule has 29 heavy (non-hydrogen) atoms. The molecule has 1 fully saturated rings. The predicted molar refractivity (Wildman–Crippen MR) is 122 cm³/mol. The second-order valence-electron chi connectivity index (χ2n) is 7.10. The topological polar surface area (TPSA) is 66.9 Å². The number of amides is 1. The minimum atomic E-state index is -0.0460. The number of carbonyl (C=O) groups is 1. The third-order valence-corrected chi connectivity index (χ3v) is 6.94. The summed E-state index contributed by atoms with van der Waals surface area (Å²) in [5, 5.41) is 15.8. The fraction of sp³-hybridized carbons (Fsp3) is 0.318. The van der Waals surface area contributed by atoms with Gasteiger partial charge in [0.05, 0.1) is 5.75 Å². The Kier molecular flexibility index (Phi) is 6.79. The van der Waals surface area contributed by atoms with Gasteiger partial charge in [-0.2, -0.15) is 0 Å². The van der Waals surface area contributed by atoms with Crippen molar-refractivity contribution in [2.24, 2.45) is 0 Å². The summed E-state index contributed by atoms with van der Waals surface area (Å²) in [7, 11) is 0. The number of hydrogen-bond acceptors (Lipinski definition) is 6. The first kappa shape index (κ1) is 19.9. The smallest absolute Gasteiger partial charge is 0.234 e. The van der Waals surface area contributed by atoms with Gasteiger partial charge in [-0.05, 0) is 24.5 Å². The van der Waals surface area contributed by atoms with Gasteiger partial charge in [-0.3, -0.25) is 4.79 Å².